The minimum Gasteiger partial charge on any atom is -0.361 e. The Kier molecular flexibility index (Phi) is 6.20. The second-order valence-electron chi connectivity index (χ2n) is 5.80. The number of nitrogens with zero attached hydrogens (tertiary/aromatic N) is 2. The summed E-state index contributed by atoms with van der Waals surface area (Å²) in [6.07, 6.45) is 3.08. The number of nitrogens with one attached hydrogen (secondary N) is 1. The van der Waals surface area contributed by atoms with E-state index in [4.69, 9.17) is 4.52 Å². The molecule has 0 aliphatic carbocycles. The maximum absolute atomic E-state index is 12.0. The Bertz CT molecular complexity index is 427. The Hall–Kier alpha value is -1.36. The number of rotatable bonds is 8. The third-order valence-corrected chi connectivity index (χ3v) is 3.70. The van der Waals surface area contributed by atoms with Crippen LogP contribution in [0, 0.1) is 0 Å². The fraction of sp³-hybridized carbons (Fsp3) is 0.733. The van der Waals surface area contributed by atoms with Crippen LogP contribution in [0.2, 0.25) is 0 Å². The summed E-state index contributed by atoms with van der Waals surface area (Å²) in [6.45, 7) is 10.0. The summed E-state index contributed by atoms with van der Waals surface area (Å²) in [5.41, 5.74) is 0.274. The number of aryl methyl sites for hydroxylation is 1. The van der Waals surface area contributed by atoms with Crippen LogP contribution in [0.1, 0.15) is 56.8 Å². The molecule has 114 valence electrons. The zero-order valence-corrected chi connectivity index (χ0v) is 13.3. The van der Waals surface area contributed by atoms with Crippen molar-refractivity contribution in [3.05, 3.63) is 17.5 Å². The molecule has 20 heavy (non-hydrogen) atoms. The van der Waals surface area contributed by atoms with Gasteiger partial charge in [0.2, 0.25) is 0 Å². The minimum atomic E-state index is -0.176. The molecular weight excluding hydrogens is 254 g/mol. The van der Waals surface area contributed by atoms with Crippen molar-refractivity contribution in [2.24, 2.45) is 0 Å². The van der Waals surface area contributed by atoms with Crippen molar-refractivity contribution in [3.8, 4) is 0 Å². The predicted octanol–water partition coefficient (Wildman–Crippen LogP) is 2.48. The van der Waals surface area contributed by atoms with E-state index in [2.05, 4.69) is 43.2 Å². The van der Waals surface area contributed by atoms with Crippen LogP contribution in [-0.2, 0) is 6.42 Å². The van der Waals surface area contributed by atoms with Crippen molar-refractivity contribution >= 4 is 5.91 Å². The molecule has 1 aromatic rings. The quantitative estimate of drug-likeness (QED) is 0.795. The molecule has 0 unspecified atom stereocenters. The highest BCUT2D eigenvalue weighted by atomic mass is 16.5. The van der Waals surface area contributed by atoms with Crippen LogP contribution in [0.3, 0.4) is 0 Å². The van der Waals surface area contributed by atoms with Gasteiger partial charge in [-0.1, -0.05) is 25.4 Å². The highest BCUT2D eigenvalue weighted by Gasteiger charge is 2.24. The van der Waals surface area contributed by atoms with Crippen molar-refractivity contribution in [2.45, 2.75) is 52.5 Å². The Morgan fingerprint density at radius 2 is 2.15 bits per heavy atom. The summed E-state index contributed by atoms with van der Waals surface area (Å²) in [7, 11) is 2.09. The number of amides is 1. The molecule has 1 rings (SSSR count). The van der Waals surface area contributed by atoms with Gasteiger partial charge in [0.15, 0.2) is 5.69 Å². The van der Waals surface area contributed by atoms with E-state index in [0.29, 0.717) is 12.2 Å². The molecule has 0 saturated carbocycles. The number of aromatic nitrogens is 1. The molecule has 1 aromatic heterocycles. The molecule has 0 bridgehead atoms. The van der Waals surface area contributed by atoms with E-state index in [1.165, 1.54) is 6.42 Å². The van der Waals surface area contributed by atoms with E-state index in [1.54, 1.807) is 6.07 Å². The van der Waals surface area contributed by atoms with Gasteiger partial charge in [-0.15, -0.1) is 0 Å². The smallest absolute Gasteiger partial charge is 0.273 e. The van der Waals surface area contributed by atoms with Crippen molar-refractivity contribution < 1.29 is 9.32 Å². The van der Waals surface area contributed by atoms with Crippen molar-refractivity contribution in [1.29, 1.82) is 0 Å². The number of likely N-dealkylation sites (N-methyl/N-ethyl adjacent to an activating group) is 1. The van der Waals surface area contributed by atoms with Gasteiger partial charge in [-0.05, 0) is 33.9 Å². The second kappa shape index (κ2) is 7.43. The summed E-state index contributed by atoms with van der Waals surface area (Å²) >= 11 is 0. The van der Waals surface area contributed by atoms with E-state index >= 15 is 0 Å². The van der Waals surface area contributed by atoms with Crippen LogP contribution >= 0.6 is 0 Å². The highest BCUT2D eigenvalue weighted by Crippen LogP contribution is 2.12. The average Bonchev–Trinajstić information content (AvgIpc) is 2.91. The number of unbranched alkanes of at least 4 members (excludes halogenated alkanes) is 1. The van der Waals surface area contributed by atoms with Crippen LogP contribution in [0.4, 0.5) is 0 Å². The van der Waals surface area contributed by atoms with Crippen LogP contribution < -0.4 is 5.32 Å². The van der Waals surface area contributed by atoms with Crippen molar-refractivity contribution in [1.82, 2.24) is 15.4 Å². The van der Waals surface area contributed by atoms with Gasteiger partial charge in [0.25, 0.3) is 5.91 Å². The van der Waals surface area contributed by atoms with Gasteiger partial charge in [-0.2, -0.15) is 0 Å². The molecule has 0 radical (unpaired) electrons. The number of carbonyl (C=O) groups is 1. The molecule has 0 saturated heterocycles. The monoisotopic (exact) mass is 281 g/mol. The van der Waals surface area contributed by atoms with Gasteiger partial charge in [-0.3, -0.25) is 9.69 Å². The zero-order valence-electron chi connectivity index (χ0n) is 13.3. The van der Waals surface area contributed by atoms with Gasteiger partial charge in [-0.25, -0.2) is 0 Å². The molecule has 0 fully saturated rings. The third kappa shape index (κ3) is 4.63. The third-order valence-electron chi connectivity index (χ3n) is 3.70. The maximum atomic E-state index is 12.0. The van der Waals surface area contributed by atoms with E-state index < -0.39 is 0 Å². The molecule has 1 N–H and O–H groups in total. The largest absolute Gasteiger partial charge is 0.361 e. The van der Waals surface area contributed by atoms with E-state index in [-0.39, 0.29) is 11.4 Å². The first-order valence-corrected chi connectivity index (χ1v) is 7.35. The summed E-state index contributed by atoms with van der Waals surface area (Å²) in [6, 6.07) is 1.70. The fourth-order valence-electron chi connectivity index (χ4n) is 1.81. The van der Waals surface area contributed by atoms with Crippen LogP contribution in [-0.4, -0.2) is 41.6 Å². The molecule has 1 amide bonds. The number of carbonyl (C=O) groups excluding carboxylic acids is 1. The minimum absolute atomic E-state index is 0.0812. The molecule has 5 nitrogen and oxygen atoms in total. The van der Waals surface area contributed by atoms with Crippen LogP contribution in [0.5, 0.6) is 0 Å². The van der Waals surface area contributed by atoms with Crippen molar-refractivity contribution in [2.75, 3.05) is 20.1 Å². The first kappa shape index (κ1) is 16.7. The molecule has 0 aliphatic heterocycles. The SMILES string of the molecule is CCCCN(C)C(C)(C)CNC(=O)c1cc(CC)on1. The van der Waals surface area contributed by atoms with Gasteiger partial charge < -0.3 is 9.84 Å². The lowest BCUT2D eigenvalue weighted by Gasteiger charge is -2.35. The fourth-order valence-corrected chi connectivity index (χ4v) is 1.81. The lowest BCUT2D eigenvalue weighted by Crippen LogP contribution is -2.50. The Labute approximate surface area is 121 Å². The van der Waals surface area contributed by atoms with Gasteiger partial charge >= 0.3 is 0 Å². The lowest BCUT2D eigenvalue weighted by molar-refractivity contribution is 0.0893. The molecule has 0 spiro atoms. The van der Waals surface area contributed by atoms with E-state index in [9.17, 15) is 4.79 Å². The first-order chi connectivity index (χ1) is 9.40. The molecular formula is C15H27N3O2. The predicted molar refractivity (Wildman–Crippen MR) is 79.8 cm³/mol. The molecule has 1 heterocycles. The summed E-state index contributed by atoms with van der Waals surface area (Å²) in [5.74, 6) is 0.555. The maximum Gasteiger partial charge on any atom is 0.273 e. The Morgan fingerprint density at radius 3 is 2.70 bits per heavy atom. The Morgan fingerprint density at radius 1 is 1.45 bits per heavy atom. The lowest BCUT2D eigenvalue weighted by atomic mass is 10.0. The van der Waals surface area contributed by atoms with E-state index in [1.807, 2.05) is 6.92 Å². The first-order valence-electron chi connectivity index (χ1n) is 7.35. The van der Waals surface area contributed by atoms with Crippen LogP contribution in [0.25, 0.3) is 0 Å². The highest BCUT2D eigenvalue weighted by molar-refractivity contribution is 5.92. The zero-order chi connectivity index (χ0) is 15.2. The molecule has 0 aromatic carbocycles. The number of hydrogen-bond acceptors (Lipinski definition) is 4. The van der Waals surface area contributed by atoms with Crippen LogP contribution in [0.15, 0.2) is 10.6 Å². The van der Waals surface area contributed by atoms with Gasteiger partial charge in [0.05, 0.1) is 0 Å². The second-order valence-corrected chi connectivity index (χ2v) is 5.80. The standard InChI is InChI=1S/C15H27N3O2/c1-6-8-9-18(5)15(3,4)11-16-14(19)13-10-12(7-2)20-17-13/h10H,6-9,11H2,1-5H3,(H,16,19). The molecule has 0 atom stereocenters. The topological polar surface area (TPSA) is 58.4 Å². The van der Waals surface area contributed by atoms with E-state index in [0.717, 1.165) is 25.1 Å². The van der Waals surface area contributed by atoms with Gasteiger partial charge in [0.1, 0.15) is 5.76 Å². The Balaban J connectivity index is 2.50. The summed E-state index contributed by atoms with van der Waals surface area (Å²) in [5, 5.41) is 6.71. The van der Waals surface area contributed by atoms with Crippen molar-refractivity contribution in [3.63, 3.8) is 0 Å². The van der Waals surface area contributed by atoms with Gasteiger partial charge in [0, 0.05) is 24.6 Å². The summed E-state index contributed by atoms with van der Waals surface area (Å²) < 4.78 is 5.05. The molecule has 5 heteroatoms. The molecule has 0 aliphatic rings. The summed E-state index contributed by atoms with van der Waals surface area (Å²) in [4.78, 5) is 14.3. The average molecular weight is 281 g/mol. The number of hydrogen-bond donors (Lipinski definition) is 1. The normalized spacial score (nSPS) is 11.9.